The monoisotopic (exact) mass is 573 g/mol. The van der Waals surface area contributed by atoms with Crippen LogP contribution in [-0.2, 0) is 15.3 Å². The summed E-state index contributed by atoms with van der Waals surface area (Å²) in [5.74, 6) is -1.20. The molecule has 0 saturated carbocycles. The van der Waals surface area contributed by atoms with Crippen molar-refractivity contribution in [3.63, 3.8) is 0 Å². The van der Waals surface area contributed by atoms with Crippen molar-refractivity contribution in [1.29, 1.82) is 0 Å². The highest BCUT2D eigenvalue weighted by Gasteiger charge is 2.48. The summed E-state index contributed by atoms with van der Waals surface area (Å²) in [7, 11) is 0. The summed E-state index contributed by atoms with van der Waals surface area (Å²) in [4.78, 5) is 28.5. The molecule has 3 heterocycles. The highest BCUT2D eigenvalue weighted by atomic mass is 35.5. The van der Waals surface area contributed by atoms with Gasteiger partial charge in [0, 0.05) is 26.2 Å². The molecule has 0 aliphatic carbocycles. The Morgan fingerprint density at radius 1 is 1.11 bits per heavy atom. The van der Waals surface area contributed by atoms with Crippen molar-refractivity contribution in [3.05, 3.63) is 97.2 Å². The van der Waals surface area contributed by atoms with Gasteiger partial charge >= 0.3 is 5.91 Å². The van der Waals surface area contributed by atoms with Crippen LogP contribution >= 0.6 is 57.6 Å². The van der Waals surface area contributed by atoms with Gasteiger partial charge in [0.2, 0.25) is 5.13 Å². The van der Waals surface area contributed by atoms with E-state index in [1.54, 1.807) is 24.3 Å². The maximum atomic E-state index is 13.2. The molecule has 1 unspecified atom stereocenters. The lowest BCUT2D eigenvalue weighted by molar-refractivity contribution is -0.132. The van der Waals surface area contributed by atoms with Gasteiger partial charge in [-0.05, 0) is 36.1 Å². The maximum Gasteiger partial charge on any atom is 0.301 e. The number of ketones is 1. The minimum atomic E-state index is -0.803. The molecule has 1 aliphatic rings. The fraction of sp³-hybridized carbons (Fsp3) is 0.120. The number of aliphatic hydroxyl groups excluding tert-OH is 1. The second-order valence-corrected chi connectivity index (χ2v) is 11.9. The fourth-order valence-electron chi connectivity index (χ4n) is 3.75. The topological polar surface area (TPSA) is 83.4 Å². The number of aryl methyl sites for hydroxylation is 1. The summed E-state index contributed by atoms with van der Waals surface area (Å²) in [6.07, 6.45) is 0. The quantitative estimate of drug-likeness (QED) is 0.0867. The minimum Gasteiger partial charge on any atom is -0.507 e. The van der Waals surface area contributed by atoms with Gasteiger partial charge in [-0.2, -0.15) is 0 Å². The number of nitrogens with zero attached hydrogens (tertiary/aromatic N) is 3. The molecule has 1 atom stereocenters. The third-order valence-electron chi connectivity index (χ3n) is 5.55. The number of benzene rings is 2. The van der Waals surface area contributed by atoms with Crippen molar-refractivity contribution >= 4 is 80.2 Å². The van der Waals surface area contributed by atoms with E-state index in [1.807, 2.05) is 42.6 Å². The van der Waals surface area contributed by atoms with E-state index in [2.05, 4.69) is 10.2 Å². The second-order valence-electron chi connectivity index (χ2n) is 7.93. The van der Waals surface area contributed by atoms with E-state index in [1.165, 1.54) is 39.3 Å². The van der Waals surface area contributed by atoms with Gasteiger partial charge in [-0.25, -0.2) is 0 Å². The standard InChI is InChI=1S/C25H17Cl2N3O3S3/c1-13-4-6-14(7-5-13)21(31)19-20(18-3-2-10-34-18)30(23(33)22(19)32)24-28-29-25(36-24)35-12-15-8-9-16(26)11-17(15)27/h2-11,20,31H,12H2,1H3/b21-19-. The number of aliphatic hydroxyl groups is 1. The number of halogens is 2. The summed E-state index contributed by atoms with van der Waals surface area (Å²) in [5, 5.41) is 22.8. The first kappa shape index (κ1) is 25.0. The number of thiophene rings is 1. The van der Waals surface area contributed by atoms with Crippen LogP contribution in [0.5, 0.6) is 0 Å². The number of hydrogen-bond acceptors (Lipinski definition) is 8. The van der Waals surface area contributed by atoms with E-state index in [9.17, 15) is 14.7 Å². The maximum absolute atomic E-state index is 13.2. The van der Waals surface area contributed by atoms with E-state index >= 15 is 0 Å². The Morgan fingerprint density at radius 3 is 2.58 bits per heavy atom. The summed E-state index contributed by atoms with van der Waals surface area (Å²) in [6, 6.07) is 15.3. The Kier molecular flexibility index (Phi) is 7.18. The van der Waals surface area contributed by atoms with E-state index in [4.69, 9.17) is 23.2 Å². The first-order valence-corrected chi connectivity index (χ1v) is 14.1. The molecule has 11 heteroatoms. The molecular formula is C25H17Cl2N3O3S3. The van der Waals surface area contributed by atoms with Gasteiger partial charge in [0.25, 0.3) is 5.78 Å². The third-order valence-corrected chi connectivity index (χ3v) is 9.17. The van der Waals surface area contributed by atoms with Crippen molar-refractivity contribution in [1.82, 2.24) is 10.2 Å². The van der Waals surface area contributed by atoms with Crippen molar-refractivity contribution in [2.75, 3.05) is 4.90 Å². The highest BCUT2D eigenvalue weighted by molar-refractivity contribution is 8.00. The number of thioether (sulfide) groups is 1. The zero-order valence-corrected chi connectivity index (χ0v) is 22.6. The number of aromatic nitrogens is 2. The lowest BCUT2D eigenvalue weighted by Gasteiger charge is -2.20. The summed E-state index contributed by atoms with van der Waals surface area (Å²) < 4.78 is 0.612. The van der Waals surface area contributed by atoms with Crippen LogP contribution in [0.1, 0.15) is 27.6 Å². The van der Waals surface area contributed by atoms with E-state index in [0.29, 0.717) is 25.7 Å². The molecule has 0 bridgehead atoms. The van der Waals surface area contributed by atoms with Crippen LogP contribution in [0.3, 0.4) is 0 Å². The first-order chi connectivity index (χ1) is 17.3. The average molecular weight is 575 g/mol. The Morgan fingerprint density at radius 2 is 1.89 bits per heavy atom. The number of amides is 1. The number of Topliss-reactive ketones (excluding diaryl/α,β-unsaturated/α-hetero) is 1. The first-order valence-electron chi connectivity index (χ1n) is 10.6. The molecular weight excluding hydrogens is 557 g/mol. The SMILES string of the molecule is Cc1ccc(/C(O)=C2/C(=O)C(=O)N(c3nnc(SCc4ccc(Cl)cc4Cl)s3)C2c2cccs2)cc1. The summed E-state index contributed by atoms with van der Waals surface area (Å²) in [5.41, 5.74) is 2.40. The molecule has 1 N–H and O–H groups in total. The molecule has 182 valence electrons. The van der Waals surface area contributed by atoms with E-state index in [-0.39, 0.29) is 16.5 Å². The van der Waals surface area contributed by atoms with Crippen molar-refractivity contribution in [2.45, 2.75) is 23.1 Å². The number of anilines is 1. The largest absolute Gasteiger partial charge is 0.507 e. The molecule has 1 saturated heterocycles. The molecule has 0 spiro atoms. The molecule has 1 fully saturated rings. The molecule has 5 rings (SSSR count). The molecule has 36 heavy (non-hydrogen) atoms. The molecule has 6 nitrogen and oxygen atoms in total. The molecule has 1 aliphatic heterocycles. The zero-order valence-electron chi connectivity index (χ0n) is 18.6. The Hall–Kier alpha value is -2.69. The second kappa shape index (κ2) is 10.4. The summed E-state index contributed by atoms with van der Waals surface area (Å²) >= 11 is 16.3. The van der Waals surface area contributed by atoms with Crippen LogP contribution in [0.25, 0.3) is 5.76 Å². The smallest absolute Gasteiger partial charge is 0.301 e. The van der Waals surface area contributed by atoms with Gasteiger partial charge in [-0.3, -0.25) is 14.5 Å². The zero-order chi connectivity index (χ0) is 25.4. The van der Waals surface area contributed by atoms with Gasteiger partial charge < -0.3 is 5.11 Å². The van der Waals surface area contributed by atoms with Crippen molar-refractivity contribution in [3.8, 4) is 0 Å². The van der Waals surface area contributed by atoms with E-state index < -0.39 is 17.7 Å². The summed E-state index contributed by atoms with van der Waals surface area (Å²) in [6.45, 7) is 1.93. The molecule has 1 amide bonds. The Bertz CT molecular complexity index is 1480. The lowest BCUT2D eigenvalue weighted by atomic mass is 9.99. The normalized spacial score (nSPS) is 17.2. The lowest BCUT2D eigenvalue weighted by Crippen LogP contribution is -2.29. The predicted molar refractivity (Wildman–Crippen MR) is 146 cm³/mol. The molecule has 4 aromatic rings. The van der Waals surface area contributed by atoms with Crippen LogP contribution in [0.15, 0.2) is 69.9 Å². The van der Waals surface area contributed by atoms with Crippen LogP contribution in [-0.4, -0.2) is 27.0 Å². The van der Waals surface area contributed by atoms with Crippen LogP contribution < -0.4 is 4.90 Å². The highest BCUT2D eigenvalue weighted by Crippen LogP contribution is 2.45. The van der Waals surface area contributed by atoms with Crippen molar-refractivity contribution < 1.29 is 14.7 Å². The van der Waals surface area contributed by atoms with Crippen LogP contribution in [0.2, 0.25) is 10.0 Å². The predicted octanol–water partition coefficient (Wildman–Crippen LogP) is 7.13. The molecule has 2 aromatic heterocycles. The fourth-order valence-corrected chi connectivity index (χ4v) is 7.00. The number of rotatable bonds is 6. The van der Waals surface area contributed by atoms with Crippen LogP contribution in [0.4, 0.5) is 5.13 Å². The van der Waals surface area contributed by atoms with E-state index in [0.717, 1.165) is 16.0 Å². The van der Waals surface area contributed by atoms with Gasteiger partial charge in [0.05, 0.1) is 5.57 Å². The molecule has 2 aromatic carbocycles. The average Bonchev–Trinajstić information content (AvgIpc) is 3.59. The third kappa shape index (κ3) is 4.81. The molecule has 0 radical (unpaired) electrons. The number of carbonyl (C=O) groups is 2. The number of hydrogen-bond donors (Lipinski definition) is 1. The Balaban J connectivity index is 1.49. The van der Waals surface area contributed by atoms with Crippen LogP contribution in [0, 0.1) is 6.92 Å². The van der Waals surface area contributed by atoms with Gasteiger partial charge in [0.15, 0.2) is 4.34 Å². The van der Waals surface area contributed by atoms with Gasteiger partial charge in [0.1, 0.15) is 11.8 Å². The minimum absolute atomic E-state index is 0.0312. The Labute approximate surface area is 229 Å². The van der Waals surface area contributed by atoms with Gasteiger partial charge in [-0.15, -0.1) is 21.5 Å². The van der Waals surface area contributed by atoms with Gasteiger partial charge in [-0.1, -0.05) is 88.3 Å². The van der Waals surface area contributed by atoms with Crippen molar-refractivity contribution in [2.24, 2.45) is 0 Å². The number of carbonyl (C=O) groups excluding carboxylic acids is 2.